The summed E-state index contributed by atoms with van der Waals surface area (Å²) in [5.74, 6) is -17.5. The number of benzene rings is 3. The van der Waals surface area contributed by atoms with Crippen molar-refractivity contribution in [3.63, 3.8) is 0 Å². The van der Waals surface area contributed by atoms with Crippen LogP contribution in [0.2, 0.25) is 0 Å². The second-order valence-corrected chi connectivity index (χ2v) is 30.3. The first-order chi connectivity index (χ1) is 52.6. The van der Waals surface area contributed by atoms with Crippen LogP contribution < -0.4 is 74.6 Å². The third-order valence-corrected chi connectivity index (χ3v) is 20.1. The number of aliphatic hydroxyl groups is 1. The Labute approximate surface area is 645 Å². The van der Waals surface area contributed by atoms with Crippen LogP contribution >= 0.6 is 21.6 Å². The fourth-order valence-electron chi connectivity index (χ4n) is 12.0. The largest absolute Gasteiger partial charge is 0.508 e. The summed E-state index contributed by atoms with van der Waals surface area (Å²) in [6, 6.07) is 0.0918. The first-order valence-electron chi connectivity index (χ1n) is 36.0. The van der Waals surface area contributed by atoms with Gasteiger partial charge in [-0.3, -0.25) is 71.9 Å². The fraction of sp³-hybridized carbons (Fsp3) is 0.507. The number of unbranched alkanes of at least 4 members (excludes halogenated alkanes) is 2. The number of carbonyl (C=O) groups is 15. The van der Waals surface area contributed by atoms with E-state index in [0.29, 0.717) is 47.1 Å². The average Bonchev–Trinajstić information content (AvgIpc) is 1.67. The van der Waals surface area contributed by atoms with Gasteiger partial charge in [0.15, 0.2) is 0 Å². The number of nitrogens with zero attached hydrogens (tertiary/aromatic N) is 1. The highest BCUT2D eigenvalue weighted by Gasteiger charge is 2.41. The molecule has 13 amide bonds. The third kappa shape index (κ3) is 29.1. The first kappa shape index (κ1) is 88.9. The number of amides is 13. The van der Waals surface area contributed by atoms with Crippen LogP contribution in [0.1, 0.15) is 116 Å². The SMILES string of the molecule is COc1ccc2c(CC(=O)NCCCCCC(=O)N[C@@H](CC(C)C)C(=O)N3CCC[C@H]3C(=O)N[C@H]3CSSC[C@@H](C(=O)N[C@@H](CC(C)C)C(=O)N[C@@H](CC(=O)O)C(N)=O)NC(=O)[C@H](C(C)O)NC(=O)CNC(=O)[C@H](Cc4ccc(O)cc4)NC(=O)[C@H](Cc4ccc(O)cc4)NC(=O)[C@H](CC(=O)O)NC3=O)cc(=O)oc2c1. The Bertz CT molecular complexity index is 4070. The molecule has 0 radical (unpaired) electrons. The number of phenols is 2. The molecule has 3 heterocycles. The molecule has 11 atom stereocenters. The van der Waals surface area contributed by atoms with Crippen molar-refractivity contribution in [3.05, 3.63) is 99.9 Å². The van der Waals surface area contributed by atoms with Crippen molar-refractivity contribution in [2.24, 2.45) is 17.6 Å². The summed E-state index contributed by atoms with van der Waals surface area (Å²) >= 11 is 0. The minimum Gasteiger partial charge on any atom is -0.508 e. The Morgan fingerprint density at radius 1 is 0.649 bits per heavy atom. The Morgan fingerprint density at radius 3 is 1.85 bits per heavy atom. The van der Waals surface area contributed by atoms with Crippen molar-refractivity contribution in [1.82, 2.24) is 63.4 Å². The number of likely N-dealkylation sites (tertiary alicyclic amines) is 1. The van der Waals surface area contributed by atoms with Crippen molar-refractivity contribution < 1.29 is 107 Å². The molecule has 2 saturated heterocycles. The van der Waals surface area contributed by atoms with Gasteiger partial charge >= 0.3 is 17.6 Å². The van der Waals surface area contributed by atoms with E-state index in [1.54, 1.807) is 32.0 Å². The van der Waals surface area contributed by atoms with Gasteiger partial charge in [0.25, 0.3) is 0 Å². The van der Waals surface area contributed by atoms with Gasteiger partial charge < -0.3 is 104 Å². The highest BCUT2D eigenvalue weighted by molar-refractivity contribution is 8.76. The van der Waals surface area contributed by atoms with Crippen molar-refractivity contribution in [2.45, 2.75) is 185 Å². The number of carbonyl (C=O) groups excluding carboxylic acids is 13. The molecule has 0 aliphatic carbocycles. The molecule has 6 rings (SSSR count). The second kappa shape index (κ2) is 43.4. The molecule has 2 aliphatic heterocycles. The molecule has 36 nitrogen and oxygen atoms in total. The van der Waals surface area contributed by atoms with E-state index in [9.17, 15) is 102 Å². The van der Waals surface area contributed by atoms with Crippen LogP contribution in [0.3, 0.4) is 0 Å². The summed E-state index contributed by atoms with van der Waals surface area (Å²) < 4.78 is 10.5. The number of aliphatic carboxylic acids is 2. The highest BCUT2D eigenvalue weighted by Crippen LogP contribution is 2.27. The number of hydrogen-bond donors (Lipinski definition) is 17. The van der Waals surface area contributed by atoms with Gasteiger partial charge in [-0.05, 0) is 110 Å². The normalized spacial score (nSPS) is 20.3. The molecular formula is C73H97N13O23S2. The van der Waals surface area contributed by atoms with Crippen LogP contribution in [0, 0.1) is 11.8 Å². The molecule has 1 unspecified atom stereocenters. The van der Waals surface area contributed by atoms with E-state index in [4.69, 9.17) is 14.9 Å². The number of aliphatic hydroxyl groups excluding tert-OH is 1. The van der Waals surface area contributed by atoms with Crippen LogP contribution in [0.4, 0.5) is 0 Å². The van der Waals surface area contributed by atoms with E-state index >= 15 is 0 Å². The fourth-order valence-corrected chi connectivity index (χ4v) is 14.4. The Hall–Kier alpha value is -11.0. The van der Waals surface area contributed by atoms with E-state index < -0.39 is 192 Å². The van der Waals surface area contributed by atoms with Crippen LogP contribution in [0.5, 0.6) is 17.2 Å². The van der Waals surface area contributed by atoms with E-state index in [1.807, 2.05) is 13.8 Å². The summed E-state index contributed by atoms with van der Waals surface area (Å²) in [5.41, 5.74) is 6.10. The zero-order chi connectivity index (χ0) is 81.8. The minimum absolute atomic E-state index is 0.00167. The predicted molar refractivity (Wildman–Crippen MR) is 402 cm³/mol. The molecule has 0 saturated carbocycles. The van der Waals surface area contributed by atoms with Gasteiger partial charge in [0.05, 0.1) is 39.0 Å². The number of fused-ring (bicyclic) bond motifs is 1. The van der Waals surface area contributed by atoms with E-state index in [2.05, 4.69) is 58.5 Å². The zero-order valence-corrected chi connectivity index (χ0v) is 63.7. The summed E-state index contributed by atoms with van der Waals surface area (Å²) in [6.45, 7) is 7.34. The number of nitrogens with two attached hydrogens (primary N) is 1. The summed E-state index contributed by atoms with van der Waals surface area (Å²) in [5, 5.41) is 78.9. The van der Waals surface area contributed by atoms with Crippen LogP contribution in [0.15, 0.2) is 82.0 Å². The first-order valence-corrected chi connectivity index (χ1v) is 38.4. The molecule has 604 valence electrons. The number of aromatic hydroxyl groups is 2. The molecule has 38 heteroatoms. The Kier molecular flexibility index (Phi) is 34.7. The topological polar surface area (TPSA) is 558 Å². The maximum atomic E-state index is 15.0. The molecule has 4 aromatic rings. The van der Waals surface area contributed by atoms with Gasteiger partial charge in [0.2, 0.25) is 76.8 Å². The molecular weight excluding hydrogens is 1490 g/mol. The standard InChI is InChI=1S/C73H97N13O23S2/c1-37(2)25-48(66(100)78-47(64(74)98)32-60(93)94)79-70(104)54-36-111-110-35-53(83-71(105)55-11-10-24-86(55)73(107)52(26-38(3)4)77-57(90)12-8-7-9-23-75-58(91)29-42-30-62(97)109-56-31-45(108-6)21-22-46(42)56)69(103)82-51(33-61(95)96)68(102)81-50(28-41-15-19-44(89)20-16-41)67(101)80-49(27-40-13-17-43(88)18-14-40)65(99)76-34-59(92)85-63(39(5)87)72(106)84-54/h13-22,30-31,37-39,47-55,63,87-89H,7-12,23-29,32-36H2,1-6H3,(H2,74,98)(H,75,91)(H,76,99)(H,77,90)(H,78,100)(H,79,104)(H,80,101)(H,81,102)(H,82,103)(H,83,105)(H,84,106)(H,85,92)(H,93,94)(H,95,96)/t39?,47-,48-,49-,50-,51-,52-,53-,54-,55-,63-/m0/s1. The van der Waals surface area contributed by atoms with Crippen LogP contribution in [0.25, 0.3) is 11.0 Å². The average molecular weight is 1590 g/mol. The van der Waals surface area contributed by atoms with Gasteiger partial charge in [-0.15, -0.1) is 0 Å². The van der Waals surface area contributed by atoms with Crippen LogP contribution in [-0.2, 0) is 91.2 Å². The van der Waals surface area contributed by atoms with Gasteiger partial charge in [0, 0.05) is 61.4 Å². The third-order valence-electron chi connectivity index (χ3n) is 17.7. The number of ether oxygens (including phenoxy) is 1. The number of primary amides is 1. The summed E-state index contributed by atoms with van der Waals surface area (Å²) in [4.78, 5) is 221. The lowest BCUT2D eigenvalue weighted by atomic mass is 10.0. The van der Waals surface area contributed by atoms with Gasteiger partial charge in [-0.2, -0.15) is 0 Å². The molecule has 2 aliphatic rings. The molecule has 0 bridgehead atoms. The van der Waals surface area contributed by atoms with Gasteiger partial charge in [-0.25, -0.2) is 4.79 Å². The minimum atomic E-state index is -2.07. The lowest BCUT2D eigenvalue weighted by molar-refractivity contribution is -0.143. The summed E-state index contributed by atoms with van der Waals surface area (Å²) in [7, 11) is 2.96. The number of methoxy groups -OCH3 is 1. The molecule has 18 N–H and O–H groups in total. The quantitative estimate of drug-likeness (QED) is 0.0158. The molecule has 2 fully saturated rings. The highest BCUT2D eigenvalue weighted by atomic mass is 33.1. The Morgan fingerprint density at radius 2 is 1.25 bits per heavy atom. The monoisotopic (exact) mass is 1590 g/mol. The maximum Gasteiger partial charge on any atom is 0.336 e. The van der Waals surface area contributed by atoms with Crippen molar-refractivity contribution in [3.8, 4) is 17.2 Å². The lowest BCUT2D eigenvalue weighted by Gasteiger charge is -2.31. The van der Waals surface area contributed by atoms with Crippen molar-refractivity contribution >= 4 is 121 Å². The molecule has 0 spiro atoms. The van der Waals surface area contributed by atoms with E-state index in [-0.39, 0.29) is 92.9 Å². The van der Waals surface area contributed by atoms with Crippen molar-refractivity contribution in [1.29, 1.82) is 0 Å². The smallest absolute Gasteiger partial charge is 0.336 e. The molecule has 3 aromatic carbocycles. The summed E-state index contributed by atoms with van der Waals surface area (Å²) in [6.07, 6.45) is -3.24. The van der Waals surface area contributed by atoms with Crippen LogP contribution in [-0.4, -0.2) is 224 Å². The number of rotatable bonds is 31. The van der Waals surface area contributed by atoms with Gasteiger partial charge in [0.1, 0.15) is 83.2 Å². The molecule has 1 aromatic heterocycles. The molecule has 111 heavy (non-hydrogen) atoms. The zero-order valence-electron chi connectivity index (χ0n) is 62.1. The number of carboxylic acids is 2. The van der Waals surface area contributed by atoms with Gasteiger partial charge in [-0.1, -0.05) is 80.0 Å². The second-order valence-electron chi connectivity index (χ2n) is 27.7. The number of hydrogen-bond acceptors (Lipinski definition) is 23. The maximum absolute atomic E-state index is 15.0. The van der Waals surface area contributed by atoms with Crippen molar-refractivity contribution in [2.75, 3.05) is 38.2 Å². The number of nitrogens with one attached hydrogen (secondary N) is 11. The number of carboxylic acid groups (broad SMARTS) is 2. The lowest BCUT2D eigenvalue weighted by Crippen LogP contribution is -2.61. The Balaban J connectivity index is 1.29. The van der Waals surface area contributed by atoms with E-state index in [1.165, 1.54) is 66.6 Å². The predicted octanol–water partition coefficient (Wildman–Crippen LogP) is -1.31. The van der Waals surface area contributed by atoms with E-state index in [0.717, 1.165) is 28.5 Å². The number of phenolic OH excluding ortho intramolecular Hbond substituents is 2.